The quantitative estimate of drug-likeness (QED) is 0.399. The Morgan fingerprint density at radius 2 is 1.97 bits per heavy atom. The summed E-state index contributed by atoms with van der Waals surface area (Å²) in [5.74, 6) is 0.384. The first-order valence-electron chi connectivity index (χ1n) is 10.2. The molecule has 4 rings (SSSR count). The van der Waals surface area contributed by atoms with Gasteiger partial charge in [-0.1, -0.05) is 41.4 Å². The number of carbonyl (C=O) groups is 2. The van der Waals surface area contributed by atoms with Gasteiger partial charge in [-0.25, -0.2) is 4.98 Å². The van der Waals surface area contributed by atoms with Crippen LogP contribution < -0.4 is 9.64 Å². The molecule has 0 aliphatic carbocycles. The van der Waals surface area contributed by atoms with E-state index >= 15 is 0 Å². The molecule has 0 N–H and O–H groups in total. The Bertz CT molecular complexity index is 1100. The maximum absolute atomic E-state index is 12.9. The summed E-state index contributed by atoms with van der Waals surface area (Å²) in [4.78, 5) is 30.6. The van der Waals surface area contributed by atoms with Crippen molar-refractivity contribution in [2.24, 2.45) is 0 Å². The zero-order chi connectivity index (χ0) is 21.8. The van der Waals surface area contributed by atoms with E-state index in [9.17, 15) is 9.59 Å². The predicted molar refractivity (Wildman–Crippen MR) is 121 cm³/mol. The van der Waals surface area contributed by atoms with Crippen LogP contribution >= 0.6 is 11.6 Å². The highest BCUT2D eigenvalue weighted by Gasteiger charge is 2.27. The SMILES string of the molecule is Cc1ccc(C(=O)c2ccc(N3CC[C@H](Oc4ncccc4Cl)C3)c(CC=O)c2)cc1. The molecule has 0 amide bonds. The molecule has 1 atom stereocenters. The molecule has 3 aromatic rings. The molecule has 1 fully saturated rings. The zero-order valence-electron chi connectivity index (χ0n) is 17.3. The number of aryl methyl sites for hydroxylation is 1. The Hall–Kier alpha value is -3.18. The van der Waals surface area contributed by atoms with Crippen molar-refractivity contribution in [3.8, 4) is 5.88 Å². The summed E-state index contributed by atoms with van der Waals surface area (Å²) in [6.07, 6.45) is 3.54. The van der Waals surface area contributed by atoms with Crippen molar-refractivity contribution >= 4 is 29.4 Å². The minimum Gasteiger partial charge on any atom is -0.471 e. The van der Waals surface area contributed by atoms with Gasteiger partial charge in [-0.3, -0.25) is 4.79 Å². The monoisotopic (exact) mass is 434 g/mol. The minimum absolute atomic E-state index is 0.0499. The van der Waals surface area contributed by atoms with Gasteiger partial charge < -0.3 is 14.4 Å². The maximum Gasteiger partial charge on any atom is 0.232 e. The molecule has 0 spiro atoms. The average molecular weight is 435 g/mol. The normalized spacial score (nSPS) is 15.7. The summed E-state index contributed by atoms with van der Waals surface area (Å²) >= 11 is 6.16. The van der Waals surface area contributed by atoms with E-state index in [-0.39, 0.29) is 18.3 Å². The van der Waals surface area contributed by atoms with Crippen LogP contribution in [0.15, 0.2) is 60.8 Å². The van der Waals surface area contributed by atoms with Crippen LogP contribution in [0.25, 0.3) is 0 Å². The number of aromatic nitrogens is 1. The van der Waals surface area contributed by atoms with Crippen molar-refractivity contribution in [2.75, 3.05) is 18.0 Å². The molecule has 0 unspecified atom stereocenters. The van der Waals surface area contributed by atoms with Crippen LogP contribution in [0.3, 0.4) is 0 Å². The van der Waals surface area contributed by atoms with Gasteiger partial charge in [-0.2, -0.15) is 0 Å². The number of benzene rings is 2. The second-order valence-electron chi connectivity index (χ2n) is 7.67. The van der Waals surface area contributed by atoms with Crippen molar-refractivity contribution in [3.63, 3.8) is 0 Å². The van der Waals surface area contributed by atoms with E-state index in [4.69, 9.17) is 16.3 Å². The molecule has 1 aromatic heterocycles. The summed E-state index contributed by atoms with van der Waals surface area (Å²) in [6, 6.07) is 16.6. The fourth-order valence-corrected chi connectivity index (χ4v) is 3.99. The van der Waals surface area contributed by atoms with Gasteiger partial charge in [0.15, 0.2) is 5.78 Å². The summed E-state index contributed by atoms with van der Waals surface area (Å²) in [6.45, 7) is 3.43. The molecule has 1 aliphatic rings. The van der Waals surface area contributed by atoms with E-state index in [1.165, 1.54) is 0 Å². The third-order valence-corrected chi connectivity index (χ3v) is 5.74. The van der Waals surface area contributed by atoms with Crippen LogP contribution in [-0.4, -0.2) is 36.2 Å². The molecular formula is C25H23ClN2O3. The second-order valence-corrected chi connectivity index (χ2v) is 8.08. The number of halogens is 1. The van der Waals surface area contributed by atoms with Gasteiger partial charge in [0.25, 0.3) is 0 Å². The molecule has 1 saturated heterocycles. The second kappa shape index (κ2) is 9.31. The van der Waals surface area contributed by atoms with Crippen molar-refractivity contribution in [1.82, 2.24) is 4.98 Å². The number of ether oxygens (including phenoxy) is 1. The Labute approximate surface area is 186 Å². The van der Waals surface area contributed by atoms with Crippen LogP contribution in [0, 0.1) is 6.92 Å². The van der Waals surface area contributed by atoms with E-state index in [1.54, 1.807) is 18.3 Å². The Morgan fingerprint density at radius 1 is 1.19 bits per heavy atom. The first-order chi connectivity index (χ1) is 15.0. The van der Waals surface area contributed by atoms with Crippen LogP contribution in [-0.2, 0) is 11.2 Å². The fraction of sp³-hybridized carbons (Fsp3) is 0.240. The fourth-order valence-electron chi connectivity index (χ4n) is 3.82. The molecule has 0 saturated carbocycles. The molecule has 2 heterocycles. The van der Waals surface area contributed by atoms with Crippen LogP contribution in [0.4, 0.5) is 5.69 Å². The van der Waals surface area contributed by atoms with Crippen molar-refractivity contribution in [1.29, 1.82) is 0 Å². The van der Waals surface area contributed by atoms with Crippen molar-refractivity contribution < 1.29 is 14.3 Å². The summed E-state index contributed by atoms with van der Waals surface area (Å²) in [7, 11) is 0. The van der Waals surface area contributed by atoms with Gasteiger partial charge in [0.2, 0.25) is 5.88 Å². The first-order valence-corrected chi connectivity index (χ1v) is 10.6. The lowest BCUT2D eigenvalue weighted by atomic mass is 9.98. The topological polar surface area (TPSA) is 59.5 Å². The molecule has 0 radical (unpaired) electrons. The number of rotatable bonds is 7. The van der Waals surface area contributed by atoms with E-state index in [0.29, 0.717) is 28.6 Å². The third kappa shape index (κ3) is 4.78. The summed E-state index contributed by atoms with van der Waals surface area (Å²) in [5.41, 5.74) is 4.11. The maximum atomic E-state index is 12.9. The first kappa shape index (κ1) is 21.1. The lowest BCUT2D eigenvalue weighted by molar-refractivity contribution is -0.107. The average Bonchev–Trinajstić information content (AvgIpc) is 3.24. The number of hydrogen-bond acceptors (Lipinski definition) is 5. The highest BCUT2D eigenvalue weighted by molar-refractivity contribution is 6.31. The molecule has 1 aliphatic heterocycles. The zero-order valence-corrected chi connectivity index (χ0v) is 18.0. The van der Waals surface area contributed by atoms with Crippen molar-refractivity contribution in [3.05, 3.63) is 88.1 Å². The number of carbonyl (C=O) groups excluding carboxylic acids is 2. The number of ketones is 1. The summed E-state index contributed by atoms with van der Waals surface area (Å²) in [5, 5.41) is 0.488. The number of hydrogen-bond donors (Lipinski definition) is 0. The van der Waals surface area contributed by atoms with Crippen molar-refractivity contribution in [2.45, 2.75) is 25.9 Å². The lowest BCUT2D eigenvalue weighted by Gasteiger charge is -2.22. The van der Waals surface area contributed by atoms with Gasteiger partial charge in [0.05, 0.1) is 6.54 Å². The molecule has 5 nitrogen and oxygen atoms in total. The minimum atomic E-state index is -0.0506. The van der Waals surface area contributed by atoms with Crippen LogP contribution in [0.5, 0.6) is 5.88 Å². The molecule has 158 valence electrons. The molecule has 2 aromatic carbocycles. The summed E-state index contributed by atoms with van der Waals surface area (Å²) < 4.78 is 5.98. The van der Waals surface area contributed by atoms with E-state index < -0.39 is 0 Å². The van der Waals surface area contributed by atoms with Crippen LogP contribution in [0.1, 0.15) is 33.5 Å². The largest absolute Gasteiger partial charge is 0.471 e. The molecule has 6 heteroatoms. The Kier molecular flexibility index (Phi) is 6.33. The van der Waals surface area contributed by atoms with E-state index in [1.807, 2.05) is 49.4 Å². The highest BCUT2D eigenvalue weighted by Crippen LogP contribution is 2.30. The number of anilines is 1. The Morgan fingerprint density at radius 3 is 2.71 bits per heavy atom. The number of aldehydes is 1. The van der Waals surface area contributed by atoms with Gasteiger partial charge >= 0.3 is 0 Å². The number of pyridine rings is 1. The highest BCUT2D eigenvalue weighted by atomic mass is 35.5. The predicted octanol–water partition coefficient (Wildman–Crippen LogP) is 4.67. The van der Waals surface area contributed by atoms with E-state index in [2.05, 4.69) is 9.88 Å². The smallest absolute Gasteiger partial charge is 0.232 e. The third-order valence-electron chi connectivity index (χ3n) is 5.45. The molecule has 0 bridgehead atoms. The Balaban J connectivity index is 1.53. The molecular weight excluding hydrogens is 412 g/mol. The molecule has 31 heavy (non-hydrogen) atoms. The van der Waals surface area contributed by atoms with Crippen LogP contribution in [0.2, 0.25) is 5.02 Å². The van der Waals surface area contributed by atoms with Gasteiger partial charge in [-0.05, 0) is 42.8 Å². The standard InChI is InChI=1S/C25H23ClN2O3/c1-17-4-6-18(7-5-17)24(30)20-8-9-23(19(15-20)11-14-29)28-13-10-21(16-28)31-25-22(26)3-2-12-27-25/h2-9,12,14-15,21H,10-11,13,16H2,1H3/t21-/m0/s1. The van der Waals surface area contributed by atoms with E-state index in [0.717, 1.165) is 36.1 Å². The number of nitrogens with zero attached hydrogens (tertiary/aromatic N) is 2. The van der Waals surface area contributed by atoms with Gasteiger partial charge in [0.1, 0.15) is 17.4 Å². The lowest BCUT2D eigenvalue weighted by Crippen LogP contribution is -2.26. The van der Waals surface area contributed by atoms with Gasteiger partial charge in [0, 0.05) is 42.4 Å². The van der Waals surface area contributed by atoms with Gasteiger partial charge in [-0.15, -0.1) is 0 Å².